The SMILES string of the molecule is O[C@H](CCl)c1ccc(Cl)cc1F. The van der Waals surface area contributed by atoms with Gasteiger partial charge in [0.25, 0.3) is 0 Å². The first kappa shape index (κ1) is 9.78. The predicted octanol–water partition coefficient (Wildman–Crippen LogP) is 2.75. The fraction of sp³-hybridized carbons (Fsp3) is 0.250. The first-order valence-corrected chi connectivity index (χ1v) is 4.25. The summed E-state index contributed by atoms with van der Waals surface area (Å²) in [5.74, 6) is -0.561. The second-order valence-corrected chi connectivity index (χ2v) is 3.08. The minimum atomic E-state index is -0.969. The van der Waals surface area contributed by atoms with E-state index >= 15 is 0 Å². The Balaban J connectivity index is 3.01. The summed E-state index contributed by atoms with van der Waals surface area (Å²) >= 11 is 10.9. The number of rotatable bonds is 2. The van der Waals surface area contributed by atoms with Gasteiger partial charge in [0, 0.05) is 10.6 Å². The molecule has 1 aromatic carbocycles. The molecule has 0 unspecified atom stereocenters. The Bertz CT molecular complexity index is 278. The normalized spacial score (nSPS) is 13.0. The van der Waals surface area contributed by atoms with Gasteiger partial charge < -0.3 is 5.11 Å². The maximum atomic E-state index is 13.0. The molecule has 1 nitrogen and oxygen atoms in total. The van der Waals surface area contributed by atoms with Gasteiger partial charge in [0.05, 0.1) is 12.0 Å². The van der Waals surface area contributed by atoms with E-state index in [1.54, 1.807) is 0 Å². The molecule has 4 heteroatoms. The lowest BCUT2D eigenvalue weighted by Gasteiger charge is -2.07. The fourth-order valence-corrected chi connectivity index (χ4v) is 1.18. The molecule has 0 amide bonds. The number of benzene rings is 1. The molecule has 0 heterocycles. The quantitative estimate of drug-likeness (QED) is 0.742. The van der Waals surface area contributed by atoms with Crippen molar-refractivity contribution in [2.45, 2.75) is 6.10 Å². The highest BCUT2D eigenvalue weighted by Gasteiger charge is 2.11. The topological polar surface area (TPSA) is 20.2 Å². The van der Waals surface area contributed by atoms with Gasteiger partial charge in [-0.15, -0.1) is 11.6 Å². The summed E-state index contributed by atoms with van der Waals surface area (Å²) in [5, 5.41) is 9.49. The van der Waals surface area contributed by atoms with Gasteiger partial charge in [-0.2, -0.15) is 0 Å². The van der Waals surface area contributed by atoms with Gasteiger partial charge in [0.2, 0.25) is 0 Å². The van der Waals surface area contributed by atoms with Crippen molar-refractivity contribution in [3.63, 3.8) is 0 Å². The lowest BCUT2D eigenvalue weighted by molar-refractivity contribution is 0.197. The molecule has 0 radical (unpaired) electrons. The van der Waals surface area contributed by atoms with Crippen molar-refractivity contribution in [2.75, 3.05) is 5.88 Å². The number of hydrogen-bond donors (Lipinski definition) is 1. The molecule has 1 rings (SSSR count). The van der Waals surface area contributed by atoms with Crippen LogP contribution in [0, 0.1) is 5.82 Å². The van der Waals surface area contributed by atoms with Gasteiger partial charge >= 0.3 is 0 Å². The van der Waals surface area contributed by atoms with E-state index in [2.05, 4.69) is 0 Å². The fourth-order valence-electron chi connectivity index (χ4n) is 0.855. The second-order valence-electron chi connectivity index (χ2n) is 2.34. The first-order valence-electron chi connectivity index (χ1n) is 3.34. The number of aliphatic hydroxyl groups excluding tert-OH is 1. The number of halogens is 3. The van der Waals surface area contributed by atoms with Gasteiger partial charge in [-0.3, -0.25) is 0 Å². The third-order valence-electron chi connectivity index (χ3n) is 1.47. The van der Waals surface area contributed by atoms with Crippen LogP contribution in [-0.4, -0.2) is 11.0 Å². The average molecular weight is 209 g/mol. The monoisotopic (exact) mass is 208 g/mol. The highest BCUT2D eigenvalue weighted by molar-refractivity contribution is 6.30. The van der Waals surface area contributed by atoms with Crippen molar-refractivity contribution >= 4 is 23.2 Å². The van der Waals surface area contributed by atoms with E-state index in [1.807, 2.05) is 0 Å². The molecule has 12 heavy (non-hydrogen) atoms. The zero-order valence-corrected chi connectivity index (χ0v) is 7.61. The largest absolute Gasteiger partial charge is 0.387 e. The van der Waals surface area contributed by atoms with E-state index in [0.29, 0.717) is 5.02 Å². The van der Waals surface area contributed by atoms with Crippen LogP contribution in [0.5, 0.6) is 0 Å². The van der Waals surface area contributed by atoms with Crippen LogP contribution in [0.4, 0.5) is 4.39 Å². The van der Waals surface area contributed by atoms with Crippen molar-refractivity contribution in [1.82, 2.24) is 0 Å². The van der Waals surface area contributed by atoms with Crippen LogP contribution in [0.25, 0.3) is 0 Å². The summed E-state index contributed by atoms with van der Waals surface area (Å²) in [5.41, 5.74) is 0.175. The van der Waals surface area contributed by atoms with Crippen LogP contribution in [0.1, 0.15) is 11.7 Å². The van der Waals surface area contributed by atoms with Crippen molar-refractivity contribution < 1.29 is 9.50 Å². The summed E-state index contributed by atoms with van der Waals surface area (Å²) in [7, 11) is 0. The third-order valence-corrected chi connectivity index (χ3v) is 2.00. The zero-order valence-electron chi connectivity index (χ0n) is 6.10. The van der Waals surface area contributed by atoms with E-state index < -0.39 is 11.9 Å². The third kappa shape index (κ3) is 2.09. The van der Waals surface area contributed by atoms with Crippen LogP contribution in [0.3, 0.4) is 0 Å². The first-order chi connectivity index (χ1) is 5.65. The number of hydrogen-bond acceptors (Lipinski definition) is 1. The molecule has 66 valence electrons. The lowest BCUT2D eigenvalue weighted by Crippen LogP contribution is -2.01. The van der Waals surface area contributed by atoms with E-state index in [-0.39, 0.29) is 11.4 Å². The van der Waals surface area contributed by atoms with Gasteiger partial charge in [-0.1, -0.05) is 17.7 Å². The van der Waals surface area contributed by atoms with Gasteiger partial charge in [0.1, 0.15) is 5.82 Å². The Morgan fingerprint density at radius 2 is 2.17 bits per heavy atom. The molecule has 1 N–H and O–H groups in total. The molecular weight excluding hydrogens is 202 g/mol. The van der Waals surface area contributed by atoms with E-state index in [9.17, 15) is 9.50 Å². The summed E-state index contributed by atoms with van der Waals surface area (Å²) < 4.78 is 13.0. The van der Waals surface area contributed by atoms with Crippen molar-refractivity contribution in [2.24, 2.45) is 0 Å². The second kappa shape index (κ2) is 4.08. The molecule has 0 aromatic heterocycles. The van der Waals surface area contributed by atoms with Crippen LogP contribution < -0.4 is 0 Å². The molecule has 1 aromatic rings. The molecule has 0 saturated heterocycles. The maximum absolute atomic E-state index is 13.0. The van der Waals surface area contributed by atoms with Crippen LogP contribution >= 0.6 is 23.2 Å². The van der Waals surface area contributed by atoms with Crippen molar-refractivity contribution in [3.8, 4) is 0 Å². The van der Waals surface area contributed by atoms with Crippen molar-refractivity contribution in [3.05, 3.63) is 34.6 Å². The standard InChI is InChI=1S/C8H7Cl2FO/c9-4-8(12)6-2-1-5(10)3-7(6)11/h1-3,8,12H,4H2/t8-/m1/s1. The number of aliphatic hydroxyl groups is 1. The maximum Gasteiger partial charge on any atom is 0.130 e. The molecule has 0 aliphatic carbocycles. The molecule has 0 bridgehead atoms. The highest BCUT2D eigenvalue weighted by Crippen LogP contribution is 2.21. The van der Waals surface area contributed by atoms with Crippen LogP contribution in [0.15, 0.2) is 18.2 Å². The van der Waals surface area contributed by atoms with E-state index in [1.165, 1.54) is 12.1 Å². The minimum absolute atomic E-state index is 0.0292. The molecule has 0 aliphatic heterocycles. The Hall–Kier alpha value is -0.310. The summed E-state index contributed by atoms with van der Waals surface area (Å²) in [6.07, 6.45) is -0.969. The highest BCUT2D eigenvalue weighted by atomic mass is 35.5. The minimum Gasteiger partial charge on any atom is -0.387 e. The summed E-state index contributed by atoms with van der Waals surface area (Å²) in [4.78, 5) is 0. The molecule has 0 fully saturated rings. The van der Waals surface area contributed by atoms with Gasteiger partial charge in [0.15, 0.2) is 0 Å². The van der Waals surface area contributed by atoms with Gasteiger partial charge in [-0.05, 0) is 12.1 Å². The Morgan fingerprint density at radius 1 is 1.50 bits per heavy atom. The zero-order chi connectivity index (χ0) is 9.14. The van der Waals surface area contributed by atoms with E-state index in [0.717, 1.165) is 6.07 Å². The Labute approximate surface area is 79.7 Å². The smallest absolute Gasteiger partial charge is 0.130 e. The van der Waals surface area contributed by atoms with Crippen LogP contribution in [-0.2, 0) is 0 Å². The summed E-state index contributed by atoms with van der Waals surface area (Å²) in [6.45, 7) is 0. The molecule has 0 spiro atoms. The van der Waals surface area contributed by atoms with Crippen LogP contribution in [0.2, 0.25) is 5.02 Å². The predicted molar refractivity (Wildman–Crippen MR) is 47.1 cm³/mol. The molecule has 1 atom stereocenters. The number of alkyl halides is 1. The molecular formula is C8H7Cl2FO. The average Bonchev–Trinajstić information content (AvgIpc) is 2.03. The Kier molecular flexibility index (Phi) is 3.32. The lowest BCUT2D eigenvalue weighted by atomic mass is 10.1. The molecule has 0 saturated carbocycles. The summed E-state index contributed by atoms with van der Waals surface area (Å²) in [6, 6.07) is 4.08. The molecule has 0 aliphatic rings. The van der Waals surface area contributed by atoms with Crippen molar-refractivity contribution in [1.29, 1.82) is 0 Å². The van der Waals surface area contributed by atoms with Gasteiger partial charge in [-0.25, -0.2) is 4.39 Å². The Morgan fingerprint density at radius 3 is 2.67 bits per heavy atom. The van der Waals surface area contributed by atoms with E-state index in [4.69, 9.17) is 23.2 Å².